The van der Waals surface area contributed by atoms with Gasteiger partial charge in [-0.05, 0) is 0 Å². The van der Waals surface area contributed by atoms with Crippen LogP contribution >= 0.6 is 0 Å². The Hall–Kier alpha value is -2.09. The molecule has 0 aromatic carbocycles. The van der Waals surface area contributed by atoms with Gasteiger partial charge in [0, 0.05) is 17.8 Å². The normalized spacial score (nSPS) is 8.92. The van der Waals surface area contributed by atoms with Crippen LogP contribution < -0.4 is 5.56 Å². The van der Waals surface area contributed by atoms with E-state index >= 15 is 0 Å². The van der Waals surface area contributed by atoms with Crippen molar-refractivity contribution in [1.29, 1.82) is 0 Å². The first-order chi connectivity index (χ1) is 5.65. The van der Waals surface area contributed by atoms with E-state index in [2.05, 4.69) is 10.9 Å². The summed E-state index contributed by atoms with van der Waals surface area (Å²) in [6, 6.07) is 1.05. The third-order valence-corrected chi connectivity index (χ3v) is 1.25. The molecule has 1 aromatic rings. The van der Waals surface area contributed by atoms with E-state index in [-0.39, 0.29) is 5.56 Å². The Labute approximate surface area is 67.2 Å². The van der Waals surface area contributed by atoms with E-state index in [0.717, 1.165) is 6.07 Å². The molecule has 0 atom stereocenters. The Morgan fingerprint density at radius 2 is 2.33 bits per heavy atom. The van der Waals surface area contributed by atoms with Crippen molar-refractivity contribution in [1.82, 2.24) is 4.98 Å². The highest BCUT2D eigenvalue weighted by atomic mass is 16.6. The number of nitro groups is 1. The van der Waals surface area contributed by atoms with Crippen molar-refractivity contribution >= 4 is 5.69 Å². The van der Waals surface area contributed by atoms with Crippen molar-refractivity contribution < 1.29 is 4.92 Å². The van der Waals surface area contributed by atoms with E-state index in [0.29, 0.717) is 0 Å². The van der Waals surface area contributed by atoms with Crippen molar-refractivity contribution in [3.63, 3.8) is 0 Å². The lowest BCUT2D eigenvalue weighted by Gasteiger charge is -1.90. The molecule has 0 aliphatic heterocycles. The lowest BCUT2D eigenvalue weighted by Crippen LogP contribution is -2.10. The number of terminal acetylenes is 1. The fourth-order valence-corrected chi connectivity index (χ4v) is 0.691. The maximum Gasteiger partial charge on any atom is 0.335 e. The van der Waals surface area contributed by atoms with Gasteiger partial charge in [-0.15, -0.1) is 6.42 Å². The van der Waals surface area contributed by atoms with E-state index in [4.69, 9.17) is 6.42 Å². The van der Waals surface area contributed by atoms with Gasteiger partial charge in [-0.2, -0.15) is 0 Å². The second-order valence-corrected chi connectivity index (χ2v) is 2.00. The number of nitrogens with one attached hydrogen (secondary N) is 1. The molecular formula is C7H4N2O3. The standard InChI is InChI=1S/C7H4N2O3/c1-2-5-3-6(9(11)12)7(10)8-4-5/h1,3-4H,(H,8,10). The van der Waals surface area contributed by atoms with Crippen LogP contribution in [0.3, 0.4) is 0 Å². The summed E-state index contributed by atoms with van der Waals surface area (Å²) in [7, 11) is 0. The average molecular weight is 164 g/mol. The molecular weight excluding hydrogens is 160 g/mol. The van der Waals surface area contributed by atoms with Crippen LogP contribution in [0.2, 0.25) is 0 Å². The van der Waals surface area contributed by atoms with Crippen LogP contribution in [0.4, 0.5) is 5.69 Å². The zero-order valence-corrected chi connectivity index (χ0v) is 5.90. The van der Waals surface area contributed by atoms with E-state index in [1.165, 1.54) is 6.20 Å². The average Bonchev–Trinajstić information content (AvgIpc) is 2.05. The SMILES string of the molecule is C#Cc1c[nH]c(=O)c([N+](=O)[O-])c1. The van der Waals surface area contributed by atoms with Gasteiger partial charge in [0.05, 0.1) is 4.92 Å². The van der Waals surface area contributed by atoms with Gasteiger partial charge in [-0.3, -0.25) is 14.9 Å². The number of aromatic nitrogens is 1. The predicted octanol–water partition coefficient (Wildman–Crippen LogP) is 0.264. The van der Waals surface area contributed by atoms with Crippen LogP contribution in [0.15, 0.2) is 17.1 Å². The number of hydrogen-bond donors (Lipinski definition) is 1. The summed E-state index contributed by atoms with van der Waals surface area (Å²) in [6.45, 7) is 0. The van der Waals surface area contributed by atoms with Crippen LogP contribution in [-0.4, -0.2) is 9.91 Å². The fraction of sp³-hybridized carbons (Fsp3) is 0. The Bertz CT molecular complexity index is 413. The number of nitrogens with zero attached hydrogens (tertiary/aromatic N) is 1. The monoisotopic (exact) mass is 164 g/mol. The zero-order chi connectivity index (χ0) is 9.14. The van der Waals surface area contributed by atoms with Crippen LogP contribution in [0.5, 0.6) is 0 Å². The number of hydrogen-bond acceptors (Lipinski definition) is 3. The second kappa shape index (κ2) is 2.88. The lowest BCUT2D eigenvalue weighted by molar-refractivity contribution is -0.386. The molecule has 0 radical (unpaired) electrons. The number of rotatable bonds is 1. The molecule has 0 saturated heterocycles. The molecule has 0 fully saturated rings. The molecule has 0 unspecified atom stereocenters. The van der Waals surface area contributed by atoms with Crippen LogP contribution in [0.25, 0.3) is 0 Å². The highest BCUT2D eigenvalue weighted by molar-refractivity contribution is 5.38. The molecule has 0 aliphatic rings. The van der Waals surface area contributed by atoms with Gasteiger partial charge in [-0.25, -0.2) is 0 Å². The largest absolute Gasteiger partial charge is 0.335 e. The highest BCUT2D eigenvalue weighted by Crippen LogP contribution is 2.03. The van der Waals surface area contributed by atoms with E-state index in [1.807, 2.05) is 0 Å². The minimum absolute atomic E-state index is 0.279. The molecule has 5 nitrogen and oxygen atoms in total. The third-order valence-electron chi connectivity index (χ3n) is 1.25. The first-order valence-electron chi connectivity index (χ1n) is 2.99. The zero-order valence-electron chi connectivity index (χ0n) is 5.90. The predicted molar refractivity (Wildman–Crippen MR) is 41.7 cm³/mol. The molecule has 5 heteroatoms. The van der Waals surface area contributed by atoms with Crippen LogP contribution in [0, 0.1) is 22.5 Å². The van der Waals surface area contributed by atoms with Gasteiger partial charge in [0.15, 0.2) is 0 Å². The Kier molecular flexibility index (Phi) is 1.92. The molecule has 60 valence electrons. The first kappa shape index (κ1) is 8.01. The topological polar surface area (TPSA) is 76.0 Å². The molecule has 0 bridgehead atoms. The van der Waals surface area contributed by atoms with Gasteiger partial charge in [0.1, 0.15) is 0 Å². The molecule has 0 saturated carbocycles. The summed E-state index contributed by atoms with van der Waals surface area (Å²) < 4.78 is 0. The minimum atomic E-state index is -0.778. The quantitative estimate of drug-likeness (QED) is 0.367. The van der Waals surface area contributed by atoms with Gasteiger partial charge in [0.2, 0.25) is 0 Å². The van der Waals surface area contributed by atoms with Crippen molar-refractivity contribution in [3.05, 3.63) is 38.3 Å². The van der Waals surface area contributed by atoms with E-state index in [9.17, 15) is 14.9 Å². The van der Waals surface area contributed by atoms with Crippen LogP contribution in [0.1, 0.15) is 5.56 Å². The van der Waals surface area contributed by atoms with Crippen molar-refractivity contribution in [3.8, 4) is 12.3 Å². The van der Waals surface area contributed by atoms with Crippen molar-refractivity contribution in [2.24, 2.45) is 0 Å². The summed E-state index contributed by atoms with van der Waals surface area (Å²) in [5, 5.41) is 10.2. The molecule has 0 aliphatic carbocycles. The smallest absolute Gasteiger partial charge is 0.322 e. The summed E-state index contributed by atoms with van der Waals surface area (Å²) in [6.07, 6.45) is 6.22. The Morgan fingerprint density at radius 1 is 1.67 bits per heavy atom. The molecule has 1 rings (SSSR count). The number of pyridine rings is 1. The van der Waals surface area contributed by atoms with Crippen LogP contribution in [-0.2, 0) is 0 Å². The molecule has 0 spiro atoms. The minimum Gasteiger partial charge on any atom is -0.322 e. The van der Waals surface area contributed by atoms with E-state index < -0.39 is 16.2 Å². The van der Waals surface area contributed by atoms with Gasteiger partial charge in [-0.1, -0.05) is 5.92 Å². The first-order valence-corrected chi connectivity index (χ1v) is 2.99. The highest BCUT2D eigenvalue weighted by Gasteiger charge is 2.11. The van der Waals surface area contributed by atoms with Gasteiger partial charge < -0.3 is 4.98 Å². The maximum atomic E-state index is 10.8. The van der Waals surface area contributed by atoms with Crippen molar-refractivity contribution in [2.45, 2.75) is 0 Å². The summed E-state index contributed by atoms with van der Waals surface area (Å²) in [5.41, 5.74) is -1.01. The lowest BCUT2D eigenvalue weighted by atomic mass is 10.3. The molecule has 1 heterocycles. The number of aromatic amines is 1. The molecule has 12 heavy (non-hydrogen) atoms. The summed E-state index contributed by atoms with van der Waals surface area (Å²) in [4.78, 5) is 22.4. The molecule has 1 aromatic heterocycles. The van der Waals surface area contributed by atoms with Crippen molar-refractivity contribution in [2.75, 3.05) is 0 Å². The third kappa shape index (κ3) is 1.32. The van der Waals surface area contributed by atoms with Gasteiger partial charge >= 0.3 is 11.2 Å². The fourth-order valence-electron chi connectivity index (χ4n) is 0.691. The summed E-state index contributed by atoms with van der Waals surface area (Å²) >= 11 is 0. The summed E-state index contributed by atoms with van der Waals surface area (Å²) in [5.74, 6) is 2.17. The van der Waals surface area contributed by atoms with Gasteiger partial charge in [0.25, 0.3) is 0 Å². The number of H-pyrrole nitrogens is 1. The molecule has 1 N–H and O–H groups in total. The second-order valence-electron chi connectivity index (χ2n) is 2.00. The Morgan fingerprint density at radius 3 is 2.83 bits per heavy atom. The molecule has 0 amide bonds. The maximum absolute atomic E-state index is 10.8. The van der Waals surface area contributed by atoms with E-state index in [1.54, 1.807) is 0 Å². The Balaban J connectivity index is 3.39.